The summed E-state index contributed by atoms with van der Waals surface area (Å²) in [7, 11) is 0. The quantitative estimate of drug-likeness (QED) is 0.691. The second-order valence-electron chi connectivity index (χ2n) is 5.19. The smallest absolute Gasteiger partial charge is 0.153 e. The van der Waals surface area contributed by atoms with Crippen LogP contribution in [0, 0.1) is 11.3 Å². The molecule has 0 amide bonds. The Hall–Kier alpha value is -2.87. The minimum atomic E-state index is 0.284. The number of aldehydes is 1. The van der Waals surface area contributed by atoms with Gasteiger partial charge in [0.15, 0.2) is 6.29 Å². The van der Waals surface area contributed by atoms with Gasteiger partial charge >= 0.3 is 0 Å². The highest BCUT2D eigenvalue weighted by Crippen LogP contribution is 2.26. The van der Waals surface area contributed by atoms with Crippen LogP contribution in [0.15, 0.2) is 36.8 Å². The lowest BCUT2D eigenvalue weighted by Gasteiger charge is -2.09. The number of hydrogen-bond acceptors (Lipinski definition) is 3. The predicted molar refractivity (Wildman–Crippen MR) is 79.5 cm³/mol. The maximum atomic E-state index is 10.7. The summed E-state index contributed by atoms with van der Waals surface area (Å²) in [6.45, 7) is 4.16. The summed E-state index contributed by atoms with van der Waals surface area (Å²) in [4.78, 5) is 10.7. The van der Waals surface area contributed by atoms with Crippen LogP contribution in [0.3, 0.4) is 0 Å². The average Bonchev–Trinajstić information content (AvgIpc) is 3.10. The zero-order valence-electron chi connectivity index (χ0n) is 11.8. The predicted octanol–water partition coefficient (Wildman–Crippen LogP) is 3.09. The molecule has 0 saturated heterocycles. The average molecular weight is 278 g/mol. The van der Waals surface area contributed by atoms with Crippen molar-refractivity contribution in [3.8, 4) is 11.8 Å². The minimum absolute atomic E-state index is 0.284. The summed E-state index contributed by atoms with van der Waals surface area (Å²) in [5.41, 5.74) is 3.01. The highest BCUT2D eigenvalue weighted by molar-refractivity contribution is 5.88. The molecule has 0 aliphatic heterocycles. The Bertz CT molecular complexity index is 864. The Morgan fingerprint density at radius 1 is 1.33 bits per heavy atom. The van der Waals surface area contributed by atoms with E-state index in [1.807, 2.05) is 24.4 Å². The fourth-order valence-corrected chi connectivity index (χ4v) is 2.44. The molecule has 21 heavy (non-hydrogen) atoms. The topological polar surface area (TPSA) is 63.6 Å². The van der Waals surface area contributed by atoms with Gasteiger partial charge in [-0.1, -0.05) is 0 Å². The van der Waals surface area contributed by atoms with Crippen LogP contribution in [-0.2, 0) is 0 Å². The number of hydrogen-bond donors (Lipinski definition) is 0. The van der Waals surface area contributed by atoms with Crippen molar-refractivity contribution in [1.82, 2.24) is 14.3 Å². The van der Waals surface area contributed by atoms with Gasteiger partial charge in [0.25, 0.3) is 0 Å². The third-order valence-electron chi connectivity index (χ3n) is 3.50. The van der Waals surface area contributed by atoms with Gasteiger partial charge in [0.05, 0.1) is 23.0 Å². The Labute approximate surface area is 122 Å². The lowest BCUT2D eigenvalue weighted by molar-refractivity contribution is 0.112. The number of nitriles is 1. The molecule has 5 heteroatoms. The zero-order valence-corrected chi connectivity index (χ0v) is 11.8. The van der Waals surface area contributed by atoms with Crippen molar-refractivity contribution in [3.63, 3.8) is 0 Å². The van der Waals surface area contributed by atoms with Gasteiger partial charge in [0.2, 0.25) is 0 Å². The van der Waals surface area contributed by atoms with E-state index in [1.165, 1.54) is 6.20 Å². The lowest BCUT2D eigenvalue weighted by Crippen LogP contribution is -1.98. The van der Waals surface area contributed by atoms with Crippen LogP contribution < -0.4 is 0 Å². The molecular formula is C16H14N4O. The third kappa shape index (κ3) is 2.11. The Kier molecular flexibility index (Phi) is 3.07. The first kappa shape index (κ1) is 13.1. The third-order valence-corrected chi connectivity index (χ3v) is 3.50. The maximum Gasteiger partial charge on any atom is 0.153 e. The van der Waals surface area contributed by atoms with E-state index < -0.39 is 0 Å². The van der Waals surface area contributed by atoms with Gasteiger partial charge in [-0.2, -0.15) is 10.4 Å². The molecule has 0 aliphatic rings. The van der Waals surface area contributed by atoms with Crippen LogP contribution in [0.4, 0.5) is 0 Å². The van der Waals surface area contributed by atoms with Crippen molar-refractivity contribution in [1.29, 1.82) is 5.26 Å². The molecule has 0 N–H and O–H groups in total. The Morgan fingerprint density at radius 2 is 2.14 bits per heavy atom. The number of fused-ring (bicyclic) bond motifs is 1. The van der Waals surface area contributed by atoms with Crippen LogP contribution in [0.5, 0.6) is 0 Å². The highest BCUT2D eigenvalue weighted by Gasteiger charge is 2.12. The molecule has 0 fully saturated rings. The summed E-state index contributed by atoms with van der Waals surface area (Å²) >= 11 is 0. The van der Waals surface area contributed by atoms with Gasteiger partial charge in [0.1, 0.15) is 6.07 Å². The minimum Gasteiger partial charge on any atom is -0.344 e. The van der Waals surface area contributed by atoms with Crippen molar-refractivity contribution < 1.29 is 4.79 Å². The van der Waals surface area contributed by atoms with Gasteiger partial charge in [-0.25, -0.2) is 4.68 Å². The largest absolute Gasteiger partial charge is 0.344 e. The molecule has 3 aromatic rings. The van der Waals surface area contributed by atoms with E-state index in [2.05, 4.69) is 29.6 Å². The van der Waals surface area contributed by atoms with Gasteiger partial charge in [-0.05, 0) is 32.0 Å². The van der Waals surface area contributed by atoms with Gasteiger partial charge in [-0.15, -0.1) is 0 Å². The second kappa shape index (κ2) is 4.91. The number of carbonyl (C=O) groups excluding carboxylic acids is 1. The van der Waals surface area contributed by atoms with Crippen LogP contribution >= 0.6 is 0 Å². The number of carbonyl (C=O) groups is 1. The summed E-state index contributed by atoms with van der Waals surface area (Å²) < 4.78 is 3.72. The standard InChI is InChI=1S/C16H14N4O/c1-11(2)19-9-13(6-17)15-5-14(3-4-16(15)19)20-8-12(10-21)7-18-20/h3-5,7-11H,1-2H3. The Morgan fingerprint density at radius 3 is 2.76 bits per heavy atom. The van der Waals surface area contributed by atoms with Crippen molar-refractivity contribution in [2.45, 2.75) is 19.9 Å². The van der Waals surface area contributed by atoms with Crippen LogP contribution in [0.1, 0.15) is 35.8 Å². The summed E-state index contributed by atoms with van der Waals surface area (Å²) in [5.74, 6) is 0. The fraction of sp³-hybridized carbons (Fsp3) is 0.188. The molecule has 0 aliphatic carbocycles. The van der Waals surface area contributed by atoms with Gasteiger partial charge in [-0.3, -0.25) is 4.79 Å². The van der Waals surface area contributed by atoms with E-state index >= 15 is 0 Å². The van der Waals surface area contributed by atoms with E-state index in [0.29, 0.717) is 11.1 Å². The molecular weight excluding hydrogens is 264 g/mol. The van der Waals surface area contributed by atoms with Crippen molar-refractivity contribution in [2.24, 2.45) is 0 Å². The SMILES string of the molecule is CC(C)n1cc(C#N)c2cc(-n3cc(C=O)cn3)ccc21. The first-order valence-corrected chi connectivity index (χ1v) is 6.69. The van der Waals surface area contributed by atoms with Crippen LogP contribution in [-0.4, -0.2) is 20.6 Å². The number of aromatic nitrogens is 3. The number of nitrogens with zero attached hydrogens (tertiary/aromatic N) is 4. The summed E-state index contributed by atoms with van der Waals surface area (Å²) in [5, 5.41) is 14.4. The maximum absolute atomic E-state index is 10.7. The first-order valence-electron chi connectivity index (χ1n) is 6.69. The number of rotatable bonds is 3. The van der Waals surface area contributed by atoms with Gasteiger partial charge < -0.3 is 4.57 Å². The number of benzene rings is 1. The molecule has 2 heterocycles. The normalized spacial score (nSPS) is 11.0. The molecule has 0 spiro atoms. The van der Waals surface area contributed by atoms with Crippen molar-refractivity contribution in [3.05, 3.63) is 47.9 Å². The molecule has 2 aromatic heterocycles. The molecule has 1 aromatic carbocycles. The highest BCUT2D eigenvalue weighted by atomic mass is 16.1. The Balaban J connectivity index is 2.20. The van der Waals surface area contributed by atoms with E-state index in [1.54, 1.807) is 10.9 Å². The molecule has 3 rings (SSSR count). The molecule has 104 valence electrons. The van der Waals surface area contributed by atoms with E-state index in [9.17, 15) is 10.1 Å². The molecule has 0 atom stereocenters. The summed E-state index contributed by atoms with van der Waals surface area (Å²) in [6.07, 6.45) is 5.82. The lowest BCUT2D eigenvalue weighted by atomic mass is 10.1. The second-order valence-corrected chi connectivity index (χ2v) is 5.19. The molecule has 0 unspecified atom stereocenters. The van der Waals surface area contributed by atoms with Crippen molar-refractivity contribution >= 4 is 17.2 Å². The van der Waals surface area contributed by atoms with E-state index in [0.717, 1.165) is 22.9 Å². The zero-order chi connectivity index (χ0) is 15.0. The summed E-state index contributed by atoms with van der Waals surface area (Å²) in [6, 6.07) is 8.36. The van der Waals surface area contributed by atoms with Crippen LogP contribution in [0.2, 0.25) is 0 Å². The van der Waals surface area contributed by atoms with E-state index in [-0.39, 0.29) is 6.04 Å². The van der Waals surface area contributed by atoms with E-state index in [4.69, 9.17) is 0 Å². The molecule has 0 saturated carbocycles. The van der Waals surface area contributed by atoms with Crippen LogP contribution in [0.25, 0.3) is 16.6 Å². The molecule has 5 nitrogen and oxygen atoms in total. The monoisotopic (exact) mass is 278 g/mol. The van der Waals surface area contributed by atoms with Gasteiger partial charge in [0, 0.05) is 29.3 Å². The molecule has 0 radical (unpaired) electrons. The molecule has 0 bridgehead atoms. The fourth-order valence-electron chi connectivity index (χ4n) is 2.44. The van der Waals surface area contributed by atoms with Crippen molar-refractivity contribution in [2.75, 3.05) is 0 Å². The first-order chi connectivity index (χ1) is 10.1.